The molecule has 0 saturated carbocycles. The lowest BCUT2D eigenvalue weighted by Crippen LogP contribution is -2.56. The number of ether oxygens (including phenoxy) is 3. The minimum Gasteiger partial charge on any atom is -0.444 e. The molecule has 268 valence electrons. The Hall–Kier alpha value is -3.87. The van der Waals surface area contributed by atoms with E-state index in [-0.39, 0.29) is 23.8 Å². The van der Waals surface area contributed by atoms with Gasteiger partial charge in [0.05, 0.1) is 12.2 Å². The van der Waals surface area contributed by atoms with E-state index in [4.69, 9.17) is 14.2 Å². The van der Waals surface area contributed by atoms with Crippen molar-refractivity contribution in [3.63, 3.8) is 0 Å². The fourth-order valence-electron chi connectivity index (χ4n) is 5.63. The van der Waals surface area contributed by atoms with Gasteiger partial charge < -0.3 is 29.7 Å². The summed E-state index contributed by atoms with van der Waals surface area (Å²) in [6.45, 7) is 18.1. The quantitative estimate of drug-likeness (QED) is 0.202. The Morgan fingerprint density at radius 1 is 0.812 bits per heavy atom. The van der Waals surface area contributed by atoms with Gasteiger partial charge >= 0.3 is 18.3 Å². The molecule has 1 aromatic carbocycles. The molecule has 13 heteroatoms. The minimum atomic E-state index is -0.809. The SMILES string of the molecule is CC(C)(C)OC(=O)N=C(NC(=O)OC(C)(C)C)N1CCC(CNC(=O)C2CCCN2C(Cc2ccccc2)NC(=O)OC(C)(C)C)CC1. The number of likely N-dealkylation sites (tertiary alicyclic amines) is 2. The average molecular weight is 673 g/mol. The van der Waals surface area contributed by atoms with Gasteiger partial charge in [-0.15, -0.1) is 4.99 Å². The Balaban J connectivity index is 1.62. The van der Waals surface area contributed by atoms with E-state index in [1.165, 1.54) is 0 Å². The van der Waals surface area contributed by atoms with E-state index >= 15 is 0 Å². The van der Waals surface area contributed by atoms with Crippen molar-refractivity contribution in [3.05, 3.63) is 35.9 Å². The van der Waals surface area contributed by atoms with Gasteiger partial charge in [0.1, 0.15) is 16.8 Å². The predicted octanol–water partition coefficient (Wildman–Crippen LogP) is 5.19. The van der Waals surface area contributed by atoms with E-state index in [1.54, 1.807) is 41.5 Å². The molecule has 3 rings (SSSR count). The number of carbonyl (C=O) groups excluding carboxylic acids is 4. The summed E-state index contributed by atoms with van der Waals surface area (Å²) in [5.74, 6) is 0.187. The molecule has 3 N–H and O–H groups in total. The van der Waals surface area contributed by atoms with E-state index < -0.39 is 41.2 Å². The summed E-state index contributed by atoms with van der Waals surface area (Å²) in [5, 5.41) is 8.80. The summed E-state index contributed by atoms with van der Waals surface area (Å²) >= 11 is 0. The first-order chi connectivity index (χ1) is 22.3. The van der Waals surface area contributed by atoms with Crippen LogP contribution < -0.4 is 16.0 Å². The van der Waals surface area contributed by atoms with Gasteiger partial charge in [-0.2, -0.15) is 0 Å². The molecule has 2 fully saturated rings. The summed E-state index contributed by atoms with van der Waals surface area (Å²) in [6, 6.07) is 9.49. The van der Waals surface area contributed by atoms with E-state index in [1.807, 2.05) is 56.0 Å². The van der Waals surface area contributed by atoms with Gasteiger partial charge in [-0.1, -0.05) is 30.3 Å². The molecule has 2 aliphatic rings. The second-order valence-electron chi connectivity index (χ2n) is 15.5. The summed E-state index contributed by atoms with van der Waals surface area (Å²) < 4.78 is 16.3. The number of carbonyl (C=O) groups is 4. The summed E-state index contributed by atoms with van der Waals surface area (Å²) in [7, 11) is 0. The molecular weight excluding hydrogens is 616 g/mol. The first kappa shape index (κ1) is 38.6. The maximum atomic E-state index is 13.6. The van der Waals surface area contributed by atoms with Gasteiger partial charge in [0.2, 0.25) is 11.9 Å². The van der Waals surface area contributed by atoms with Crippen molar-refractivity contribution in [2.24, 2.45) is 10.9 Å². The van der Waals surface area contributed by atoms with Gasteiger partial charge in [0.15, 0.2) is 0 Å². The van der Waals surface area contributed by atoms with Crippen molar-refractivity contribution < 1.29 is 33.4 Å². The number of nitrogens with one attached hydrogen (secondary N) is 3. The van der Waals surface area contributed by atoms with Gasteiger partial charge in [0.25, 0.3) is 0 Å². The molecule has 0 aromatic heterocycles. The fourth-order valence-corrected chi connectivity index (χ4v) is 5.63. The smallest absolute Gasteiger partial charge is 0.437 e. The lowest BCUT2D eigenvalue weighted by Gasteiger charge is -2.35. The lowest BCUT2D eigenvalue weighted by molar-refractivity contribution is -0.126. The first-order valence-electron chi connectivity index (χ1n) is 16.9. The highest BCUT2D eigenvalue weighted by molar-refractivity contribution is 5.99. The standard InChI is InChI=1S/C35H56N6O7/c1-33(2,3)46-30(43)37-27(22-24-14-11-10-12-15-24)41-19-13-16-26(41)28(42)36-23-25-17-20-40(21-18-25)29(38-31(44)47-34(4,5)6)39-32(45)48-35(7,8)9/h10-12,14-15,25-27H,13,16-23H2,1-9H3,(H,36,42)(H,37,43)(H,38,39,44,45). The molecule has 0 radical (unpaired) electrons. The number of alkyl carbamates (subject to hydrolysis) is 2. The molecule has 48 heavy (non-hydrogen) atoms. The Bertz CT molecular complexity index is 1270. The second kappa shape index (κ2) is 16.5. The van der Waals surface area contributed by atoms with Crippen molar-refractivity contribution in [3.8, 4) is 0 Å². The lowest BCUT2D eigenvalue weighted by atomic mass is 9.96. The maximum absolute atomic E-state index is 13.6. The van der Waals surface area contributed by atoms with Crippen molar-refractivity contribution in [2.75, 3.05) is 26.2 Å². The van der Waals surface area contributed by atoms with Crippen LogP contribution in [0.4, 0.5) is 14.4 Å². The molecule has 0 spiro atoms. The molecule has 0 bridgehead atoms. The third-order valence-corrected chi connectivity index (χ3v) is 7.63. The Morgan fingerprint density at radius 3 is 1.98 bits per heavy atom. The second-order valence-corrected chi connectivity index (χ2v) is 15.5. The van der Waals surface area contributed by atoms with Crippen molar-refractivity contribution in [1.29, 1.82) is 0 Å². The highest BCUT2D eigenvalue weighted by atomic mass is 16.6. The van der Waals surface area contributed by atoms with Gasteiger partial charge in [0, 0.05) is 32.6 Å². The van der Waals surface area contributed by atoms with Gasteiger partial charge in [-0.3, -0.25) is 15.0 Å². The van der Waals surface area contributed by atoms with Crippen molar-refractivity contribution in [1.82, 2.24) is 25.8 Å². The molecule has 2 heterocycles. The van der Waals surface area contributed by atoms with Crippen LogP contribution in [0.1, 0.15) is 93.6 Å². The zero-order valence-electron chi connectivity index (χ0n) is 30.2. The van der Waals surface area contributed by atoms with E-state index in [0.29, 0.717) is 51.9 Å². The van der Waals surface area contributed by atoms with E-state index in [2.05, 4.69) is 25.8 Å². The van der Waals surface area contributed by atoms with Gasteiger partial charge in [-0.05, 0) is 99.5 Å². The van der Waals surface area contributed by atoms with Crippen LogP contribution >= 0.6 is 0 Å². The van der Waals surface area contributed by atoms with Crippen LogP contribution in [-0.4, -0.2) is 95.1 Å². The largest absolute Gasteiger partial charge is 0.444 e. The van der Waals surface area contributed by atoms with Crippen LogP contribution in [0, 0.1) is 5.92 Å². The molecule has 2 unspecified atom stereocenters. The van der Waals surface area contributed by atoms with Crippen LogP contribution in [0.2, 0.25) is 0 Å². The molecule has 2 aliphatic heterocycles. The number of hydrogen-bond donors (Lipinski definition) is 3. The zero-order valence-corrected chi connectivity index (χ0v) is 30.2. The number of aliphatic imine (C=N–C) groups is 1. The van der Waals surface area contributed by atoms with Crippen LogP contribution in [0.5, 0.6) is 0 Å². The van der Waals surface area contributed by atoms with E-state index in [9.17, 15) is 19.2 Å². The van der Waals surface area contributed by atoms with Crippen LogP contribution in [0.3, 0.4) is 0 Å². The maximum Gasteiger partial charge on any atom is 0.437 e. The number of guanidine groups is 1. The Labute approximate surface area is 285 Å². The zero-order chi connectivity index (χ0) is 35.7. The number of piperidine rings is 1. The third kappa shape index (κ3) is 13.7. The molecule has 2 atom stereocenters. The first-order valence-corrected chi connectivity index (χ1v) is 16.9. The monoisotopic (exact) mass is 672 g/mol. The summed E-state index contributed by atoms with van der Waals surface area (Å²) in [6.07, 6.45) is 1.01. The number of nitrogens with zero attached hydrogens (tertiary/aromatic N) is 3. The molecule has 13 nitrogen and oxygen atoms in total. The Morgan fingerprint density at radius 2 is 1.40 bits per heavy atom. The number of benzene rings is 1. The highest BCUT2D eigenvalue weighted by Crippen LogP contribution is 2.23. The van der Waals surface area contributed by atoms with Crippen LogP contribution in [0.15, 0.2) is 35.3 Å². The topological polar surface area (TPSA) is 151 Å². The molecule has 2 saturated heterocycles. The van der Waals surface area contributed by atoms with Crippen molar-refractivity contribution >= 4 is 30.1 Å². The predicted molar refractivity (Wildman–Crippen MR) is 183 cm³/mol. The Kier molecular flexibility index (Phi) is 13.3. The van der Waals surface area contributed by atoms with Gasteiger partial charge in [-0.25, -0.2) is 14.4 Å². The summed E-state index contributed by atoms with van der Waals surface area (Å²) in [5.41, 5.74) is -1.07. The minimum absolute atomic E-state index is 0.0715. The van der Waals surface area contributed by atoms with Crippen LogP contribution in [0.25, 0.3) is 0 Å². The number of hydrogen-bond acceptors (Lipinski definition) is 8. The molecule has 0 aliphatic carbocycles. The fraction of sp³-hybridized carbons (Fsp3) is 0.686. The average Bonchev–Trinajstić information content (AvgIpc) is 3.43. The van der Waals surface area contributed by atoms with E-state index in [0.717, 1.165) is 12.0 Å². The number of rotatable bonds is 7. The third-order valence-electron chi connectivity index (χ3n) is 7.63. The highest BCUT2D eigenvalue weighted by Gasteiger charge is 2.37. The number of amides is 4. The molecule has 4 amide bonds. The van der Waals surface area contributed by atoms with Crippen LogP contribution in [-0.2, 0) is 25.4 Å². The normalized spacial score (nSPS) is 18.9. The molecular formula is C35H56N6O7. The summed E-state index contributed by atoms with van der Waals surface area (Å²) in [4.78, 5) is 59.4. The van der Waals surface area contributed by atoms with Crippen molar-refractivity contribution in [2.45, 2.75) is 123 Å². The molecule has 1 aromatic rings.